The second-order valence-electron chi connectivity index (χ2n) is 10.6. The summed E-state index contributed by atoms with van der Waals surface area (Å²) in [6.07, 6.45) is 3.96. The number of aromatic amines is 1. The van der Waals surface area contributed by atoms with E-state index in [0.29, 0.717) is 40.8 Å². The summed E-state index contributed by atoms with van der Waals surface area (Å²) in [5.41, 5.74) is 5.10. The van der Waals surface area contributed by atoms with E-state index >= 15 is 0 Å². The second-order valence-corrected chi connectivity index (χ2v) is 10.6. The number of fused-ring (bicyclic) bond motifs is 1. The first-order valence-electron chi connectivity index (χ1n) is 13.7. The number of nitro groups is 1. The lowest BCUT2D eigenvalue weighted by Gasteiger charge is -2.16. The Hall–Kier alpha value is -4.50. The van der Waals surface area contributed by atoms with Gasteiger partial charge in [-0.1, -0.05) is 36.4 Å². The van der Waals surface area contributed by atoms with Crippen molar-refractivity contribution in [3.05, 3.63) is 99.1 Å². The largest absolute Gasteiger partial charge is 0.494 e. The molecule has 1 amide bonds. The number of H-pyrrole nitrogens is 1. The molecule has 0 radical (unpaired) electrons. The quantitative estimate of drug-likeness (QED) is 0.171. The molecule has 3 heterocycles. The Morgan fingerprint density at radius 3 is 2.30 bits per heavy atom. The Morgan fingerprint density at radius 2 is 1.62 bits per heavy atom. The number of carbonyl (C=O) groups is 1. The number of likely N-dealkylation sites (tertiary alicyclic amines) is 2. The molecule has 40 heavy (non-hydrogen) atoms. The van der Waals surface area contributed by atoms with E-state index in [1.165, 1.54) is 30.5 Å². The van der Waals surface area contributed by atoms with Crippen LogP contribution >= 0.6 is 0 Å². The topological polar surface area (TPSA) is 115 Å². The highest BCUT2D eigenvalue weighted by Crippen LogP contribution is 2.34. The van der Waals surface area contributed by atoms with E-state index in [-0.39, 0.29) is 17.5 Å². The molecule has 2 saturated heterocycles. The van der Waals surface area contributed by atoms with Gasteiger partial charge in [-0.3, -0.25) is 19.8 Å². The highest BCUT2D eigenvalue weighted by atomic mass is 16.6. The third kappa shape index (κ3) is 5.33. The zero-order valence-electron chi connectivity index (χ0n) is 22.2. The first-order chi connectivity index (χ1) is 19.4. The van der Waals surface area contributed by atoms with Crippen molar-refractivity contribution in [2.45, 2.75) is 38.8 Å². The van der Waals surface area contributed by atoms with Gasteiger partial charge in [0.1, 0.15) is 0 Å². The van der Waals surface area contributed by atoms with E-state index in [4.69, 9.17) is 4.99 Å². The van der Waals surface area contributed by atoms with Crippen LogP contribution < -0.4 is 0 Å². The van der Waals surface area contributed by atoms with Gasteiger partial charge in [0.2, 0.25) is 5.91 Å². The molecule has 2 fully saturated rings. The van der Waals surface area contributed by atoms with Crippen LogP contribution in [-0.4, -0.2) is 56.1 Å². The van der Waals surface area contributed by atoms with Gasteiger partial charge >= 0.3 is 0 Å². The predicted molar refractivity (Wildman–Crippen MR) is 154 cm³/mol. The molecule has 204 valence electrons. The fourth-order valence-corrected chi connectivity index (χ4v) is 5.65. The lowest BCUT2D eigenvalue weighted by molar-refractivity contribution is -0.384. The number of amides is 1. The molecule has 2 aliphatic heterocycles. The summed E-state index contributed by atoms with van der Waals surface area (Å²) < 4.78 is 0. The summed E-state index contributed by atoms with van der Waals surface area (Å²) in [6, 6.07) is 20.3. The number of non-ortho nitro benzene ring substituents is 1. The minimum atomic E-state index is -0.447. The van der Waals surface area contributed by atoms with Crippen LogP contribution in [-0.2, 0) is 17.9 Å². The monoisotopic (exact) mass is 537 g/mol. The number of aliphatic imine (C=N–C) groups is 1. The summed E-state index contributed by atoms with van der Waals surface area (Å²) in [4.78, 5) is 35.4. The van der Waals surface area contributed by atoms with E-state index in [1.54, 1.807) is 6.07 Å². The van der Waals surface area contributed by atoms with Gasteiger partial charge in [-0.25, -0.2) is 4.99 Å². The van der Waals surface area contributed by atoms with Gasteiger partial charge in [0.05, 0.1) is 21.9 Å². The van der Waals surface area contributed by atoms with E-state index in [0.717, 1.165) is 43.7 Å². The SMILES string of the molecule is O=C1CCCN1Cc1ccc(C(=Nc2ccc(CN3CCCC3)cc2)c2c(O)[nH]c3ccc([N+](=O)[O-])cc23)cc1. The third-order valence-corrected chi connectivity index (χ3v) is 7.76. The van der Waals surface area contributed by atoms with Crippen LogP contribution in [0.4, 0.5) is 11.4 Å². The van der Waals surface area contributed by atoms with Crippen LogP contribution in [0.5, 0.6) is 5.88 Å². The van der Waals surface area contributed by atoms with Crippen molar-refractivity contribution < 1.29 is 14.8 Å². The highest BCUT2D eigenvalue weighted by molar-refractivity contribution is 6.22. The Morgan fingerprint density at radius 1 is 0.925 bits per heavy atom. The molecule has 9 nitrogen and oxygen atoms in total. The molecule has 2 N–H and O–H groups in total. The van der Waals surface area contributed by atoms with Crippen molar-refractivity contribution in [3.8, 4) is 5.88 Å². The number of benzene rings is 3. The van der Waals surface area contributed by atoms with E-state index < -0.39 is 4.92 Å². The molecule has 9 heteroatoms. The first-order valence-corrected chi connectivity index (χ1v) is 13.7. The highest BCUT2D eigenvalue weighted by Gasteiger charge is 2.23. The number of rotatable bonds is 8. The minimum Gasteiger partial charge on any atom is -0.494 e. The number of nitro benzene ring substituents is 1. The lowest BCUT2D eigenvalue weighted by atomic mass is 9.99. The Balaban J connectivity index is 1.39. The first kappa shape index (κ1) is 25.8. The number of aromatic nitrogens is 1. The second kappa shape index (κ2) is 10.9. The van der Waals surface area contributed by atoms with E-state index in [2.05, 4.69) is 22.0 Å². The van der Waals surface area contributed by atoms with Gasteiger partial charge in [-0.15, -0.1) is 0 Å². The van der Waals surface area contributed by atoms with Crippen LogP contribution in [0.1, 0.15) is 47.9 Å². The van der Waals surface area contributed by atoms with Crippen molar-refractivity contribution in [1.82, 2.24) is 14.8 Å². The van der Waals surface area contributed by atoms with Crippen molar-refractivity contribution in [2.24, 2.45) is 4.99 Å². The van der Waals surface area contributed by atoms with E-state index in [1.807, 2.05) is 41.3 Å². The number of hydrogen-bond acceptors (Lipinski definition) is 6. The van der Waals surface area contributed by atoms with Gasteiger partial charge in [0.15, 0.2) is 5.88 Å². The number of nitrogens with zero attached hydrogens (tertiary/aromatic N) is 4. The molecule has 4 aromatic rings. The predicted octanol–water partition coefficient (Wildman–Crippen LogP) is 5.67. The van der Waals surface area contributed by atoms with Crippen LogP contribution in [0.3, 0.4) is 0 Å². The maximum Gasteiger partial charge on any atom is 0.270 e. The number of carbonyl (C=O) groups excluding carboxylic acids is 1. The molecular weight excluding hydrogens is 506 g/mol. The third-order valence-electron chi connectivity index (χ3n) is 7.76. The molecule has 0 saturated carbocycles. The smallest absolute Gasteiger partial charge is 0.270 e. The Labute approximate surface area is 231 Å². The summed E-state index contributed by atoms with van der Waals surface area (Å²) >= 11 is 0. The molecule has 3 aromatic carbocycles. The standard InChI is InChI=1S/C31H31N5O4/c37-28-4-3-17-35(28)20-22-5-9-23(10-6-22)30(29-26-18-25(36(39)40)13-14-27(26)33-31(29)38)32-24-11-7-21(8-12-24)19-34-15-1-2-16-34/h5-14,18,33,38H,1-4,15-17,19-20H2. The number of nitrogens with one attached hydrogen (secondary N) is 1. The van der Waals surface area contributed by atoms with Crippen molar-refractivity contribution in [1.29, 1.82) is 0 Å². The van der Waals surface area contributed by atoms with Crippen molar-refractivity contribution in [2.75, 3.05) is 19.6 Å². The van der Waals surface area contributed by atoms with Crippen molar-refractivity contribution in [3.63, 3.8) is 0 Å². The molecule has 1 aromatic heterocycles. The number of hydrogen-bond donors (Lipinski definition) is 2. The Kier molecular flexibility index (Phi) is 7.04. The van der Waals surface area contributed by atoms with Crippen LogP contribution in [0.15, 0.2) is 71.7 Å². The molecule has 0 unspecified atom stereocenters. The van der Waals surface area contributed by atoms with Crippen molar-refractivity contribution >= 4 is 33.9 Å². The average molecular weight is 538 g/mol. The zero-order valence-corrected chi connectivity index (χ0v) is 22.2. The summed E-state index contributed by atoms with van der Waals surface area (Å²) in [5.74, 6) is 0.0662. The summed E-state index contributed by atoms with van der Waals surface area (Å²) in [7, 11) is 0. The molecule has 0 spiro atoms. The van der Waals surface area contributed by atoms with Gasteiger partial charge in [-0.05, 0) is 61.7 Å². The van der Waals surface area contributed by atoms with Gasteiger partial charge in [0, 0.05) is 54.7 Å². The number of aromatic hydroxyl groups is 1. The summed E-state index contributed by atoms with van der Waals surface area (Å²) in [6.45, 7) is 4.47. The fourth-order valence-electron chi connectivity index (χ4n) is 5.65. The van der Waals surface area contributed by atoms with Crippen LogP contribution in [0.2, 0.25) is 0 Å². The molecular formula is C31H31N5O4. The normalized spacial score (nSPS) is 16.4. The lowest BCUT2D eigenvalue weighted by Crippen LogP contribution is -2.23. The zero-order chi connectivity index (χ0) is 27.6. The van der Waals surface area contributed by atoms with Crippen LogP contribution in [0, 0.1) is 10.1 Å². The van der Waals surface area contributed by atoms with Gasteiger partial charge in [-0.2, -0.15) is 0 Å². The minimum absolute atomic E-state index is 0.0657. The maximum atomic E-state index is 12.1. The molecule has 2 aliphatic rings. The Bertz CT molecular complexity index is 1580. The molecule has 6 rings (SSSR count). The van der Waals surface area contributed by atoms with Gasteiger partial charge < -0.3 is 15.0 Å². The molecule has 0 atom stereocenters. The van der Waals surface area contributed by atoms with Gasteiger partial charge in [0.25, 0.3) is 5.69 Å². The fraction of sp³-hybridized carbons (Fsp3) is 0.290. The molecule has 0 aliphatic carbocycles. The summed E-state index contributed by atoms with van der Waals surface area (Å²) in [5, 5.41) is 23.0. The molecule has 0 bridgehead atoms. The average Bonchev–Trinajstić information content (AvgIpc) is 3.69. The maximum absolute atomic E-state index is 12.1. The van der Waals surface area contributed by atoms with Crippen LogP contribution in [0.25, 0.3) is 10.9 Å². The van der Waals surface area contributed by atoms with E-state index in [9.17, 15) is 20.0 Å².